The van der Waals surface area contributed by atoms with Crippen LogP contribution in [0, 0.1) is 0 Å². The predicted molar refractivity (Wildman–Crippen MR) is 163 cm³/mol. The molecule has 1 saturated heterocycles. The molecule has 3 N–H and O–H groups in total. The highest BCUT2D eigenvalue weighted by atomic mass is 16.6. The van der Waals surface area contributed by atoms with E-state index in [4.69, 9.17) is 9.47 Å². The van der Waals surface area contributed by atoms with Gasteiger partial charge in [-0.3, -0.25) is 14.5 Å². The van der Waals surface area contributed by atoms with E-state index in [0.717, 1.165) is 22.3 Å². The van der Waals surface area contributed by atoms with Gasteiger partial charge in [-0.1, -0.05) is 48.5 Å². The smallest absolute Gasteiger partial charge is 0.410 e. The maximum absolute atomic E-state index is 13.2. The average Bonchev–Trinajstić information content (AvgIpc) is 3.56. The zero-order chi connectivity index (χ0) is 31.1. The third-order valence-electron chi connectivity index (χ3n) is 7.53. The number of hydrogen-bond acceptors (Lipinski definition) is 6. The summed E-state index contributed by atoms with van der Waals surface area (Å²) in [6, 6.07) is 14.7. The van der Waals surface area contributed by atoms with Gasteiger partial charge >= 0.3 is 12.2 Å². The number of hydrogen-bond donors (Lipinski definition) is 3. The van der Waals surface area contributed by atoms with Crippen LogP contribution in [0.25, 0.3) is 11.1 Å². The van der Waals surface area contributed by atoms with Gasteiger partial charge in [-0.05, 0) is 82.6 Å². The van der Waals surface area contributed by atoms with Crippen molar-refractivity contribution in [1.82, 2.24) is 20.9 Å². The summed E-state index contributed by atoms with van der Waals surface area (Å²) in [5.41, 5.74) is 3.91. The Balaban J connectivity index is 1.28. The van der Waals surface area contributed by atoms with Crippen molar-refractivity contribution in [2.45, 2.75) is 89.9 Å². The van der Waals surface area contributed by atoms with Gasteiger partial charge < -0.3 is 25.4 Å². The molecule has 10 nitrogen and oxygen atoms in total. The van der Waals surface area contributed by atoms with E-state index in [1.807, 2.05) is 38.1 Å². The van der Waals surface area contributed by atoms with Crippen LogP contribution in [0.4, 0.5) is 9.59 Å². The molecule has 4 rings (SSSR count). The third kappa shape index (κ3) is 8.27. The number of amides is 4. The molecule has 2 aromatic carbocycles. The second-order valence-electron chi connectivity index (χ2n) is 12.5. The minimum Gasteiger partial charge on any atom is -0.449 e. The molecule has 10 heteroatoms. The molecule has 2 aliphatic rings. The number of likely N-dealkylation sites (tertiary alicyclic amines) is 1. The molecule has 2 atom stereocenters. The summed E-state index contributed by atoms with van der Waals surface area (Å²) in [6.45, 7) is 9.92. The molecule has 0 radical (unpaired) electrons. The van der Waals surface area contributed by atoms with Crippen molar-refractivity contribution in [1.29, 1.82) is 0 Å². The number of fused-ring (bicyclic) bond motifs is 3. The SMILES string of the molecule is CC(C)NC(=O)C(CCCNC(=O)OCC1c2ccccc2-c2ccccc21)NC(=O)[C@@H]1CCCN1C(=O)OC(C)(C)C. The Hall–Kier alpha value is -4.08. The van der Waals surface area contributed by atoms with Gasteiger partial charge in [0.25, 0.3) is 0 Å². The molecule has 1 aliphatic carbocycles. The number of carbonyl (C=O) groups excluding carboxylic acids is 4. The van der Waals surface area contributed by atoms with Crippen molar-refractivity contribution in [3.8, 4) is 11.1 Å². The molecule has 1 fully saturated rings. The predicted octanol–water partition coefficient (Wildman–Crippen LogP) is 4.71. The van der Waals surface area contributed by atoms with E-state index in [1.165, 1.54) is 4.90 Å². The van der Waals surface area contributed by atoms with Crippen molar-refractivity contribution < 1.29 is 28.7 Å². The molecule has 0 saturated carbocycles. The van der Waals surface area contributed by atoms with E-state index in [-0.39, 0.29) is 31.0 Å². The molecule has 4 amide bonds. The molecular weight excluding hydrogens is 548 g/mol. The third-order valence-corrected chi connectivity index (χ3v) is 7.53. The van der Waals surface area contributed by atoms with Gasteiger partial charge in [-0.15, -0.1) is 0 Å². The van der Waals surface area contributed by atoms with Crippen molar-refractivity contribution in [2.24, 2.45) is 0 Å². The first-order valence-corrected chi connectivity index (χ1v) is 15.1. The van der Waals surface area contributed by atoms with Gasteiger partial charge in [0.1, 0.15) is 24.3 Å². The maximum atomic E-state index is 13.2. The first kappa shape index (κ1) is 31.8. The van der Waals surface area contributed by atoms with E-state index in [9.17, 15) is 19.2 Å². The van der Waals surface area contributed by atoms with Crippen LogP contribution in [0.1, 0.15) is 77.3 Å². The Labute approximate surface area is 253 Å². The molecule has 232 valence electrons. The molecule has 0 spiro atoms. The molecule has 0 aromatic heterocycles. The molecule has 1 aliphatic heterocycles. The second-order valence-corrected chi connectivity index (χ2v) is 12.5. The molecular formula is C33H44N4O6. The first-order valence-electron chi connectivity index (χ1n) is 15.1. The lowest BCUT2D eigenvalue weighted by atomic mass is 9.98. The van der Waals surface area contributed by atoms with Gasteiger partial charge in [-0.2, -0.15) is 0 Å². The summed E-state index contributed by atoms with van der Waals surface area (Å²) in [7, 11) is 0. The van der Waals surface area contributed by atoms with E-state index < -0.39 is 35.8 Å². The molecule has 43 heavy (non-hydrogen) atoms. The van der Waals surface area contributed by atoms with Crippen LogP contribution < -0.4 is 16.0 Å². The Morgan fingerprint density at radius 1 is 0.953 bits per heavy atom. The number of nitrogens with one attached hydrogen (secondary N) is 3. The zero-order valence-corrected chi connectivity index (χ0v) is 25.8. The van der Waals surface area contributed by atoms with Crippen LogP contribution in [-0.2, 0) is 19.1 Å². The van der Waals surface area contributed by atoms with Crippen LogP contribution >= 0.6 is 0 Å². The van der Waals surface area contributed by atoms with Crippen LogP contribution in [0.5, 0.6) is 0 Å². The van der Waals surface area contributed by atoms with Crippen molar-refractivity contribution >= 4 is 24.0 Å². The molecule has 0 bridgehead atoms. The Bertz CT molecular complexity index is 1270. The Morgan fingerprint density at radius 2 is 1.58 bits per heavy atom. The first-order chi connectivity index (χ1) is 20.4. The van der Waals surface area contributed by atoms with Crippen molar-refractivity contribution in [2.75, 3.05) is 19.7 Å². The number of alkyl carbamates (subject to hydrolysis) is 1. The highest BCUT2D eigenvalue weighted by molar-refractivity contribution is 5.91. The van der Waals surface area contributed by atoms with Crippen LogP contribution in [-0.4, -0.2) is 72.3 Å². The summed E-state index contributed by atoms with van der Waals surface area (Å²) in [5, 5.41) is 8.45. The van der Waals surface area contributed by atoms with Crippen LogP contribution in [0.2, 0.25) is 0 Å². The summed E-state index contributed by atoms with van der Waals surface area (Å²) in [6.07, 6.45) is 0.819. The number of ether oxygens (including phenoxy) is 2. The van der Waals surface area contributed by atoms with Crippen molar-refractivity contribution in [3.05, 3.63) is 59.7 Å². The van der Waals surface area contributed by atoms with Crippen LogP contribution in [0.15, 0.2) is 48.5 Å². The number of nitrogens with zero attached hydrogens (tertiary/aromatic N) is 1. The fourth-order valence-electron chi connectivity index (χ4n) is 5.65. The van der Waals surface area contributed by atoms with Gasteiger partial charge in [0.15, 0.2) is 0 Å². The standard InChI is InChI=1S/C33H44N4O6/c1-21(2)35-29(38)27(36-30(39)28-17-11-19-37(28)32(41)43-33(3,4)5)16-10-18-34-31(40)42-20-26-24-14-8-6-12-22(24)23-13-7-9-15-25(23)26/h6-9,12-15,21,26-28H,10-11,16-20H2,1-5H3,(H,34,40)(H,35,38)(H,36,39)/t27?,28-/m0/s1. The Morgan fingerprint density at radius 3 is 2.19 bits per heavy atom. The van der Waals surface area contributed by atoms with Gasteiger partial charge in [0, 0.05) is 25.0 Å². The van der Waals surface area contributed by atoms with E-state index >= 15 is 0 Å². The van der Waals surface area contributed by atoms with Crippen LogP contribution in [0.3, 0.4) is 0 Å². The molecule has 1 unspecified atom stereocenters. The van der Waals surface area contributed by atoms with Gasteiger partial charge in [0.05, 0.1) is 0 Å². The van der Waals surface area contributed by atoms with Gasteiger partial charge in [0.2, 0.25) is 11.8 Å². The maximum Gasteiger partial charge on any atom is 0.410 e. The normalized spacial score (nSPS) is 16.7. The van der Waals surface area contributed by atoms with E-state index in [1.54, 1.807) is 20.8 Å². The lowest BCUT2D eigenvalue weighted by molar-refractivity contribution is -0.131. The number of carbonyl (C=O) groups is 4. The number of rotatable bonds is 10. The largest absolute Gasteiger partial charge is 0.449 e. The summed E-state index contributed by atoms with van der Waals surface area (Å²) in [5.74, 6) is -0.739. The van der Waals surface area contributed by atoms with E-state index in [0.29, 0.717) is 32.2 Å². The van der Waals surface area contributed by atoms with Crippen molar-refractivity contribution in [3.63, 3.8) is 0 Å². The minimum absolute atomic E-state index is 0.0340. The fraction of sp³-hybridized carbons (Fsp3) is 0.515. The quantitative estimate of drug-likeness (QED) is 0.343. The topological polar surface area (TPSA) is 126 Å². The fourth-order valence-corrected chi connectivity index (χ4v) is 5.65. The Kier molecular flexibility index (Phi) is 10.3. The van der Waals surface area contributed by atoms with E-state index in [2.05, 4.69) is 40.2 Å². The highest BCUT2D eigenvalue weighted by Crippen LogP contribution is 2.44. The monoisotopic (exact) mass is 592 g/mol. The summed E-state index contributed by atoms with van der Waals surface area (Å²) in [4.78, 5) is 52.8. The molecule has 2 aromatic rings. The summed E-state index contributed by atoms with van der Waals surface area (Å²) < 4.78 is 11.1. The number of benzene rings is 2. The highest BCUT2D eigenvalue weighted by Gasteiger charge is 2.38. The summed E-state index contributed by atoms with van der Waals surface area (Å²) >= 11 is 0. The van der Waals surface area contributed by atoms with Gasteiger partial charge in [-0.25, -0.2) is 9.59 Å². The average molecular weight is 593 g/mol. The minimum atomic E-state index is -0.819. The lowest BCUT2D eigenvalue weighted by Crippen LogP contribution is -2.54. The second kappa shape index (κ2) is 13.9. The lowest BCUT2D eigenvalue weighted by Gasteiger charge is -2.29. The zero-order valence-electron chi connectivity index (χ0n) is 25.8. The molecule has 1 heterocycles.